The Morgan fingerprint density at radius 3 is 1.53 bits per heavy atom. The van der Waals surface area contributed by atoms with E-state index in [2.05, 4.69) is 116 Å². The van der Waals surface area contributed by atoms with E-state index in [-0.39, 0.29) is 24.3 Å². The fourth-order valence-electron chi connectivity index (χ4n) is 7.29. The van der Waals surface area contributed by atoms with Crippen LogP contribution in [0.5, 0.6) is 0 Å². The van der Waals surface area contributed by atoms with Crippen LogP contribution in [-0.2, 0) is 13.1 Å². The molecule has 6 aromatic heterocycles. The van der Waals surface area contributed by atoms with E-state index in [1.54, 1.807) is 24.7 Å². The predicted molar refractivity (Wildman–Crippen MR) is 235 cm³/mol. The fraction of sp³-hybridized carbons (Fsp3) is 0.268. The number of para-hydroxylation sites is 2. The molecule has 0 spiro atoms. The molecule has 310 valence electrons. The molecule has 0 saturated carbocycles. The van der Waals surface area contributed by atoms with Crippen molar-refractivity contribution in [1.29, 1.82) is 0 Å². The Morgan fingerprint density at radius 2 is 1.07 bits per heavy atom. The third-order valence-electron chi connectivity index (χ3n) is 10.4. The number of halogens is 1. The van der Waals surface area contributed by atoms with Gasteiger partial charge in [-0.05, 0) is 54.6 Å². The van der Waals surface area contributed by atoms with Gasteiger partial charge in [-0.2, -0.15) is 19.0 Å². The summed E-state index contributed by atoms with van der Waals surface area (Å²) in [5, 5.41) is 18.9. The van der Waals surface area contributed by atoms with Crippen molar-refractivity contribution in [2.45, 2.75) is 13.1 Å². The molecule has 60 heavy (non-hydrogen) atoms. The molecule has 2 saturated heterocycles. The second-order valence-electron chi connectivity index (χ2n) is 14.4. The number of furan rings is 2. The molecule has 0 aliphatic carbocycles. The Bertz CT molecular complexity index is 2630. The smallest absolute Gasteiger partial charge is 0.225 e. The lowest BCUT2D eigenvalue weighted by atomic mass is 10.1. The van der Waals surface area contributed by atoms with Crippen LogP contribution in [0, 0.1) is 0 Å². The number of hydrogen-bond donors (Lipinski definition) is 5. The number of nitrogens with two attached hydrogens (primary N) is 2. The first-order valence-corrected chi connectivity index (χ1v) is 19.6. The molecule has 2 aliphatic heterocycles. The highest BCUT2D eigenvalue weighted by Crippen LogP contribution is 2.26. The Balaban J connectivity index is 0.000000164. The SMILES string of the molecule is CN1CCN(c2ccccc2CNc2cc3nc(-c4ccco4)nn3c(N)n2)CC1.Cl.Nc1nc(NCc2ccccc2N2CCNCC2)cc2nc(-c3ccco3)nn12. The first kappa shape index (κ1) is 39.9. The standard InChI is InChI=1S/C21H24N8O.C20H22N8O.ClH/c1-27-8-10-28(11-9-27)16-6-3-2-5-15(16)14-23-18-13-19-25-20(17-7-4-12-30-17)26-29(19)21(22)24-18;21-20-24-17(12-18-25-19(26-28(18)20)16-6-3-11-29-16)23-13-14-4-1-2-5-15(14)27-9-7-22-8-10-27;/h2-7,12-13,23H,8-11,14H2,1H3,(H2,22,24);1-6,11-12,22-23H,7-10,13H2,(H2,21,24);1H. The molecule has 0 unspecified atom stereocenters. The summed E-state index contributed by atoms with van der Waals surface area (Å²) in [7, 11) is 2.17. The predicted octanol–water partition coefficient (Wildman–Crippen LogP) is 4.74. The fourth-order valence-corrected chi connectivity index (χ4v) is 7.29. The van der Waals surface area contributed by atoms with Gasteiger partial charge in [0.05, 0.1) is 12.5 Å². The first-order chi connectivity index (χ1) is 28.9. The van der Waals surface area contributed by atoms with Gasteiger partial charge in [-0.15, -0.1) is 22.6 Å². The van der Waals surface area contributed by atoms with Crippen LogP contribution >= 0.6 is 12.4 Å². The first-order valence-electron chi connectivity index (χ1n) is 19.6. The topological polar surface area (TPSA) is 210 Å². The van der Waals surface area contributed by atoms with Crippen LogP contribution in [0.25, 0.3) is 34.5 Å². The molecule has 0 bridgehead atoms. The average Bonchev–Trinajstić information content (AvgIpc) is 4.11. The van der Waals surface area contributed by atoms with E-state index in [4.69, 9.17) is 20.3 Å². The number of nitrogen functional groups attached to an aromatic ring is 2. The maximum atomic E-state index is 6.12. The summed E-state index contributed by atoms with van der Waals surface area (Å²) in [5.41, 5.74) is 18.4. The van der Waals surface area contributed by atoms with Crippen molar-refractivity contribution < 1.29 is 8.83 Å². The van der Waals surface area contributed by atoms with Crippen molar-refractivity contribution in [2.24, 2.45) is 0 Å². The highest BCUT2D eigenvalue weighted by atomic mass is 35.5. The molecule has 0 amide bonds. The van der Waals surface area contributed by atoms with E-state index < -0.39 is 0 Å². The minimum atomic E-state index is 0. The minimum absolute atomic E-state index is 0. The maximum Gasteiger partial charge on any atom is 0.225 e. The van der Waals surface area contributed by atoms with Crippen molar-refractivity contribution >= 4 is 58.6 Å². The van der Waals surface area contributed by atoms with Crippen LogP contribution in [0.1, 0.15) is 11.1 Å². The molecular weight excluding hydrogens is 784 g/mol. The molecule has 0 radical (unpaired) electrons. The van der Waals surface area contributed by atoms with Gasteiger partial charge in [0, 0.05) is 89.0 Å². The zero-order valence-corrected chi connectivity index (χ0v) is 33.9. The maximum absolute atomic E-state index is 6.12. The second-order valence-corrected chi connectivity index (χ2v) is 14.4. The number of likely N-dealkylation sites (N-methyl/N-ethyl adjacent to an activating group) is 1. The summed E-state index contributed by atoms with van der Waals surface area (Å²) in [5.74, 6) is 3.99. The Morgan fingerprint density at radius 1 is 0.600 bits per heavy atom. The molecule has 2 aliphatic rings. The number of piperazine rings is 2. The molecule has 0 atom stereocenters. The number of nitrogens with one attached hydrogen (secondary N) is 3. The van der Waals surface area contributed by atoms with Gasteiger partial charge in [0.15, 0.2) is 22.8 Å². The van der Waals surface area contributed by atoms with Gasteiger partial charge in [0.1, 0.15) is 11.6 Å². The summed E-state index contributed by atoms with van der Waals surface area (Å²) in [6, 6.07) is 27.8. The third-order valence-corrected chi connectivity index (χ3v) is 10.4. The van der Waals surface area contributed by atoms with Gasteiger partial charge in [-0.3, -0.25) is 0 Å². The van der Waals surface area contributed by atoms with Gasteiger partial charge in [-0.1, -0.05) is 36.4 Å². The molecular formula is C41H47ClN16O2. The zero-order chi connectivity index (χ0) is 40.1. The molecule has 2 fully saturated rings. The molecule has 18 nitrogen and oxygen atoms in total. The lowest BCUT2D eigenvalue weighted by molar-refractivity contribution is 0.312. The number of benzene rings is 2. The van der Waals surface area contributed by atoms with Crippen molar-refractivity contribution in [3.63, 3.8) is 0 Å². The Kier molecular flexibility index (Phi) is 11.9. The van der Waals surface area contributed by atoms with E-state index in [9.17, 15) is 0 Å². The van der Waals surface area contributed by atoms with Crippen LogP contribution in [0.15, 0.2) is 106 Å². The largest absolute Gasteiger partial charge is 0.461 e. The van der Waals surface area contributed by atoms with Gasteiger partial charge < -0.3 is 51.0 Å². The van der Waals surface area contributed by atoms with E-state index in [0.29, 0.717) is 59.2 Å². The van der Waals surface area contributed by atoms with E-state index in [0.717, 1.165) is 52.4 Å². The lowest BCUT2D eigenvalue weighted by Gasteiger charge is -2.35. The van der Waals surface area contributed by atoms with E-state index in [1.165, 1.54) is 31.5 Å². The number of nitrogens with zero attached hydrogens (tertiary/aromatic N) is 11. The Hall–Kier alpha value is -6.89. The summed E-state index contributed by atoms with van der Waals surface area (Å²) >= 11 is 0. The number of aromatic nitrogens is 8. The van der Waals surface area contributed by atoms with E-state index >= 15 is 0 Å². The average molecular weight is 831 g/mol. The molecule has 7 N–H and O–H groups in total. The number of rotatable bonds is 10. The highest BCUT2D eigenvalue weighted by Gasteiger charge is 2.19. The van der Waals surface area contributed by atoms with Crippen LogP contribution in [0.2, 0.25) is 0 Å². The summed E-state index contributed by atoms with van der Waals surface area (Å²) in [6.07, 6.45) is 3.18. The molecule has 2 aromatic carbocycles. The number of hydrogen-bond acceptors (Lipinski definition) is 16. The Labute approximate surface area is 352 Å². The number of anilines is 6. The summed E-state index contributed by atoms with van der Waals surface area (Å²) < 4.78 is 13.8. The molecule has 19 heteroatoms. The van der Waals surface area contributed by atoms with Crippen molar-refractivity contribution in [3.05, 3.63) is 109 Å². The van der Waals surface area contributed by atoms with Crippen LogP contribution in [-0.4, -0.2) is 103 Å². The van der Waals surface area contributed by atoms with Crippen molar-refractivity contribution in [3.8, 4) is 23.2 Å². The summed E-state index contributed by atoms with van der Waals surface area (Å²) in [4.78, 5) is 25.1. The lowest BCUT2D eigenvalue weighted by Crippen LogP contribution is -2.44. The molecule has 8 heterocycles. The zero-order valence-electron chi connectivity index (χ0n) is 33.1. The van der Waals surface area contributed by atoms with Crippen LogP contribution < -0.4 is 37.2 Å². The quantitative estimate of drug-likeness (QED) is 0.126. The van der Waals surface area contributed by atoms with Crippen LogP contribution in [0.4, 0.5) is 34.9 Å². The minimum Gasteiger partial charge on any atom is -0.461 e. The van der Waals surface area contributed by atoms with Gasteiger partial charge >= 0.3 is 0 Å². The number of fused-ring (bicyclic) bond motifs is 2. The van der Waals surface area contributed by atoms with Crippen molar-refractivity contribution in [2.75, 3.05) is 91.3 Å². The molecule has 10 rings (SSSR count). The third kappa shape index (κ3) is 8.75. The van der Waals surface area contributed by atoms with E-state index in [1.807, 2.05) is 24.3 Å². The van der Waals surface area contributed by atoms with Gasteiger partial charge in [0.25, 0.3) is 0 Å². The van der Waals surface area contributed by atoms with Gasteiger partial charge in [-0.25, -0.2) is 9.97 Å². The van der Waals surface area contributed by atoms with Crippen molar-refractivity contribution in [1.82, 2.24) is 49.4 Å². The normalized spacial score (nSPS) is 14.5. The molecule has 8 aromatic rings. The monoisotopic (exact) mass is 830 g/mol. The highest BCUT2D eigenvalue weighted by molar-refractivity contribution is 5.85. The van der Waals surface area contributed by atoms with Crippen LogP contribution in [0.3, 0.4) is 0 Å². The van der Waals surface area contributed by atoms with Gasteiger partial charge in [0.2, 0.25) is 23.5 Å². The second kappa shape index (κ2) is 17.9. The summed E-state index contributed by atoms with van der Waals surface area (Å²) in [6.45, 7) is 9.49.